The molecule has 1 aliphatic carbocycles. The molecule has 0 bridgehead atoms. The molecule has 3 N–H and O–H groups in total. The first-order valence-electron chi connectivity index (χ1n) is 24.3. The molecular formula is C52H70N8O7S. The van der Waals surface area contributed by atoms with Crippen molar-refractivity contribution >= 4 is 45.9 Å². The van der Waals surface area contributed by atoms with E-state index in [1.807, 2.05) is 32.2 Å². The van der Waals surface area contributed by atoms with Crippen molar-refractivity contribution in [2.45, 2.75) is 131 Å². The molecular weight excluding hydrogens is 881 g/mol. The summed E-state index contributed by atoms with van der Waals surface area (Å²) in [6.45, 7) is 15.9. The Morgan fingerprint density at radius 3 is 2.56 bits per heavy atom. The summed E-state index contributed by atoms with van der Waals surface area (Å²) in [6, 6.07) is 8.76. The van der Waals surface area contributed by atoms with Gasteiger partial charge in [0.1, 0.15) is 12.1 Å². The highest BCUT2D eigenvalue weighted by molar-refractivity contribution is 7.10. The number of rotatable bonds is 17. The summed E-state index contributed by atoms with van der Waals surface area (Å²) >= 11 is 1.44. The second kappa shape index (κ2) is 22.1. The molecule has 0 unspecified atom stereocenters. The van der Waals surface area contributed by atoms with Gasteiger partial charge in [0.2, 0.25) is 11.8 Å². The summed E-state index contributed by atoms with van der Waals surface area (Å²) in [4.78, 5) is 74.3. The van der Waals surface area contributed by atoms with E-state index in [-0.39, 0.29) is 67.2 Å². The Morgan fingerprint density at radius 1 is 1.10 bits per heavy atom. The number of ether oxygens (including phenoxy) is 1. The first-order chi connectivity index (χ1) is 32.6. The predicted octanol–water partition coefficient (Wildman–Crippen LogP) is 7.29. The van der Waals surface area contributed by atoms with E-state index in [2.05, 4.69) is 72.2 Å². The quantitative estimate of drug-likeness (QED) is 0.0555. The number of carbonyl (C=O) groups is 4. The van der Waals surface area contributed by atoms with Crippen molar-refractivity contribution in [1.29, 1.82) is 0 Å². The molecule has 3 aromatic heterocycles. The molecule has 16 heteroatoms. The number of likely N-dealkylation sites (N-methyl/N-ethyl adjacent to an activating group) is 1. The van der Waals surface area contributed by atoms with Crippen molar-refractivity contribution in [3.05, 3.63) is 58.2 Å². The third kappa shape index (κ3) is 11.0. The van der Waals surface area contributed by atoms with E-state index in [1.54, 1.807) is 42.1 Å². The third-order valence-electron chi connectivity index (χ3n) is 14.3. The number of carbonyl (C=O) groups excluding carboxylic acids is 4. The van der Waals surface area contributed by atoms with Gasteiger partial charge in [-0.25, -0.2) is 15.3 Å². The zero-order valence-electron chi connectivity index (χ0n) is 41.3. The van der Waals surface area contributed by atoms with Crippen molar-refractivity contribution in [3.8, 4) is 34.4 Å². The summed E-state index contributed by atoms with van der Waals surface area (Å²) in [7, 11) is 3.38. The highest BCUT2D eigenvalue weighted by Crippen LogP contribution is 2.42. The summed E-state index contributed by atoms with van der Waals surface area (Å²) < 4.78 is 8.10. The molecule has 3 aliphatic rings. The van der Waals surface area contributed by atoms with Crippen molar-refractivity contribution in [1.82, 2.24) is 40.1 Å². The number of nitrogens with zero attached hydrogens (tertiary/aromatic N) is 6. The molecule has 15 nitrogen and oxygen atoms in total. The normalized spacial score (nSPS) is 20.2. The number of thiazole rings is 1. The van der Waals surface area contributed by atoms with Crippen LogP contribution in [0.2, 0.25) is 0 Å². The molecule has 3 fully saturated rings. The fourth-order valence-corrected chi connectivity index (χ4v) is 11.5. The fourth-order valence-electron chi connectivity index (χ4n) is 10.7. The summed E-state index contributed by atoms with van der Waals surface area (Å²) in [5, 5.41) is 18.1. The van der Waals surface area contributed by atoms with E-state index >= 15 is 0 Å². The Bertz CT molecular complexity index is 2520. The van der Waals surface area contributed by atoms with E-state index in [9.17, 15) is 24.4 Å². The second-order valence-electron chi connectivity index (χ2n) is 19.9. The first-order valence-corrected chi connectivity index (χ1v) is 25.2. The molecule has 2 saturated heterocycles. The molecule has 4 amide bonds. The maximum absolute atomic E-state index is 14.8. The summed E-state index contributed by atoms with van der Waals surface area (Å²) in [5.74, 6) is 3.53. The minimum absolute atomic E-state index is 0.0718. The Balaban J connectivity index is 1.21. The van der Waals surface area contributed by atoms with Gasteiger partial charge in [0, 0.05) is 86.4 Å². The lowest BCUT2D eigenvalue weighted by molar-refractivity contribution is -0.259. The second-order valence-corrected chi connectivity index (χ2v) is 20.8. The highest BCUT2D eigenvalue weighted by Gasteiger charge is 2.44. The standard InChI is InChI=1S/C52H70N8O7S/c1-10-16-45(61)58-28-32(3)40(29-58)50(63)57(8)47(35-18-12-13-19-35)49(62)55-41(51(64)60-24-15-17-33(4)56-60)26-44-54-42(30-68-44)36-21-22-43-38(25-36)39(27-52(6,7)31-67-65)48(59(43)11-2)37-20-14-23-53-46(37)34(5)66-9/h14,20-23,25,30,32-35,40-41,47,56,65H,11-13,15,17-19,24,26-29,31H2,1-9H3,(H,55,62)/t32-,33+,34-,40+,41-,47-/m0/s1. The maximum atomic E-state index is 14.8. The molecule has 1 aromatic carbocycles. The van der Waals surface area contributed by atoms with Gasteiger partial charge in [-0.15, -0.1) is 11.3 Å². The van der Waals surface area contributed by atoms with Crippen LogP contribution in [0.4, 0.5) is 0 Å². The molecule has 68 heavy (non-hydrogen) atoms. The van der Waals surface area contributed by atoms with Gasteiger partial charge in [0.15, 0.2) is 0 Å². The van der Waals surface area contributed by atoms with Crippen LogP contribution in [0.15, 0.2) is 41.9 Å². The van der Waals surface area contributed by atoms with E-state index in [1.165, 1.54) is 11.3 Å². The minimum atomic E-state index is -0.952. The van der Waals surface area contributed by atoms with Crippen LogP contribution >= 0.6 is 11.3 Å². The molecule has 7 rings (SSSR count). The number of aromatic nitrogens is 3. The van der Waals surface area contributed by atoms with Crippen LogP contribution in [0.25, 0.3) is 33.4 Å². The Hall–Kier alpha value is -5.18. The monoisotopic (exact) mass is 951 g/mol. The average molecular weight is 951 g/mol. The lowest BCUT2D eigenvalue weighted by Crippen LogP contribution is -2.61. The van der Waals surface area contributed by atoms with Gasteiger partial charge in [-0.1, -0.05) is 45.6 Å². The number of pyridine rings is 1. The molecule has 4 aromatic rings. The molecule has 0 radical (unpaired) electrons. The van der Waals surface area contributed by atoms with E-state index in [4.69, 9.17) is 19.6 Å². The van der Waals surface area contributed by atoms with E-state index < -0.39 is 23.4 Å². The fraction of sp³-hybridized carbons (Fsp3) is 0.577. The molecule has 5 heterocycles. The van der Waals surface area contributed by atoms with Crippen LogP contribution < -0.4 is 10.7 Å². The topological polar surface area (TPSA) is 171 Å². The minimum Gasteiger partial charge on any atom is -0.375 e. The number of benzene rings is 1. The number of methoxy groups -OCH3 is 1. The SMILES string of the molecule is CC#CC(=O)N1C[C@H](C)[C@H](C(=O)N(C)[C@H](C(=O)N[C@@H](Cc2nc(-c3ccc4c(c3)c(CC(C)(C)COO)c(-c3cccnc3[C@H](C)OC)n4CC)cs2)C(=O)N2CCC[C@@H](C)N2)C2CCCC2)C1. The van der Waals surface area contributed by atoms with Gasteiger partial charge >= 0.3 is 0 Å². The Labute approximate surface area is 405 Å². The third-order valence-corrected chi connectivity index (χ3v) is 15.1. The van der Waals surface area contributed by atoms with Crippen LogP contribution in [0.3, 0.4) is 0 Å². The number of nitrogens with one attached hydrogen (secondary N) is 2. The number of aryl methyl sites for hydroxylation is 1. The Kier molecular flexibility index (Phi) is 16.4. The van der Waals surface area contributed by atoms with Gasteiger partial charge in [-0.3, -0.25) is 34.4 Å². The lowest BCUT2D eigenvalue weighted by atomic mass is 9.84. The number of hydrazine groups is 1. The van der Waals surface area contributed by atoms with Crippen LogP contribution in [0.5, 0.6) is 0 Å². The number of hydrogen-bond donors (Lipinski definition) is 3. The zero-order chi connectivity index (χ0) is 48.9. The average Bonchev–Trinajstić information content (AvgIpc) is 4.15. The van der Waals surface area contributed by atoms with Gasteiger partial charge in [-0.2, -0.15) is 0 Å². The predicted molar refractivity (Wildman–Crippen MR) is 264 cm³/mol. The molecule has 2 aliphatic heterocycles. The van der Waals surface area contributed by atoms with Crippen molar-refractivity contribution in [3.63, 3.8) is 0 Å². The molecule has 366 valence electrons. The molecule has 1 saturated carbocycles. The Morgan fingerprint density at radius 2 is 1.87 bits per heavy atom. The largest absolute Gasteiger partial charge is 0.375 e. The maximum Gasteiger partial charge on any atom is 0.298 e. The number of likely N-dealkylation sites (tertiary alicyclic amines) is 1. The van der Waals surface area contributed by atoms with Crippen LogP contribution in [-0.4, -0.2) is 117 Å². The van der Waals surface area contributed by atoms with Gasteiger partial charge < -0.3 is 24.4 Å². The smallest absolute Gasteiger partial charge is 0.298 e. The van der Waals surface area contributed by atoms with Crippen molar-refractivity contribution in [2.75, 3.05) is 40.4 Å². The van der Waals surface area contributed by atoms with Crippen LogP contribution in [-0.2, 0) is 48.2 Å². The van der Waals surface area contributed by atoms with Crippen LogP contribution in [0.1, 0.15) is 109 Å². The van der Waals surface area contributed by atoms with E-state index in [0.717, 1.165) is 83.2 Å². The first kappa shape index (κ1) is 50.7. The lowest BCUT2D eigenvalue weighted by Gasteiger charge is -2.37. The summed E-state index contributed by atoms with van der Waals surface area (Å²) in [6.07, 6.45) is 7.55. The molecule has 6 atom stereocenters. The number of hydrogen-bond acceptors (Lipinski definition) is 11. The number of amides is 4. The van der Waals surface area contributed by atoms with E-state index in [0.29, 0.717) is 31.1 Å². The van der Waals surface area contributed by atoms with Gasteiger partial charge in [-0.05, 0) is 113 Å². The van der Waals surface area contributed by atoms with Gasteiger partial charge in [0.25, 0.3) is 11.8 Å². The van der Waals surface area contributed by atoms with Crippen LogP contribution in [0, 0.1) is 35.0 Å². The molecule has 0 spiro atoms. The number of fused-ring (bicyclic) bond motifs is 1. The van der Waals surface area contributed by atoms with Gasteiger partial charge in [0.05, 0.1) is 40.7 Å². The summed E-state index contributed by atoms with van der Waals surface area (Å²) in [5.41, 5.74) is 9.54. The van der Waals surface area contributed by atoms with Crippen molar-refractivity contribution in [2.24, 2.45) is 23.2 Å². The zero-order valence-corrected chi connectivity index (χ0v) is 42.1. The van der Waals surface area contributed by atoms with Crippen molar-refractivity contribution < 1.29 is 34.1 Å². The highest BCUT2D eigenvalue weighted by atomic mass is 32.1.